The maximum atomic E-state index is 12.8. The van der Waals surface area contributed by atoms with Gasteiger partial charge >= 0.3 is 0 Å². The molecule has 0 fully saturated rings. The molecule has 5 heteroatoms. The standard InChI is InChI=1S/C28H27N3OS/c1-20(22-16-15-21-9-5-6-10-23(21)17-22)30-19-24(18-29)28(32)31-26-13-7-8-14-27(26)33-25-11-3-2-4-12-25/h2-4,7-8,11-17,19-20,30H,5-6,9-10H2,1H3,(H,31,32)/b24-19-. The summed E-state index contributed by atoms with van der Waals surface area (Å²) in [7, 11) is 0. The lowest BCUT2D eigenvalue weighted by atomic mass is 9.89. The van der Waals surface area contributed by atoms with Crippen LogP contribution >= 0.6 is 11.8 Å². The number of nitrogens with zero attached hydrogens (tertiary/aromatic N) is 1. The van der Waals surface area contributed by atoms with Gasteiger partial charge in [-0.2, -0.15) is 5.26 Å². The minimum atomic E-state index is -0.427. The van der Waals surface area contributed by atoms with E-state index in [-0.39, 0.29) is 11.6 Å². The molecule has 0 aliphatic heterocycles. The van der Waals surface area contributed by atoms with Crippen molar-refractivity contribution in [3.05, 3.63) is 101 Å². The van der Waals surface area contributed by atoms with Crippen molar-refractivity contribution in [1.29, 1.82) is 5.26 Å². The molecule has 33 heavy (non-hydrogen) atoms. The van der Waals surface area contributed by atoms with Crippen LogP contribution in [0, 0.1) is 11.3 Å². The first-order valence-electron chi connectivity index (χ1n) is 11.3. The van der Waals surface area contributed by atoms with Gasteiger partial charge in [0, 0.05) is 22.0 Å². The van der Waals surface area contributed by atoms with E-state index in [4.69, 9.17) is 0 Å². The molecular weight excluding hydrogens is 426 g/mol. The van der Waals surface area contributed by atoms with Crippen LogP contribution in [0.3, 0.4) is 0 Å². The molecule has 1 aliphatic rings. The van der Waals surface area contributed by atoms with E-state index in [0.29, 0.717) is 5.69 Å². The Kier molecular flexibility index (Phi) is 7.49. The van der Waals surface area contributed by atoms with Crippen LogP contribution in [0.4, 0.5) is 5.69 Å². The molecular formula is C28H27N3OS. The largest absolute Gasteiger partial charge is 0.383 e. The number of rotatable bonds is 7. The highest BCUT2D eigenvalue weighted by molar-refractivity contribution is 7.99. The average Bonchev–Trinajstić information content (AvgIpc) is 2.86. The Labute approximate surface area is 199 Å². The third kappa shape index (κ3) is 5.85. The van der Waals surface area contributed by atoms with Crippen LogP contribution in [-0.4, -0.2) is 5.91 Å². The molecule has 1 atom stereocenters. The first kappa shape index (κ1) is 22.7. The highest BCUT2D eigenvalue weighted by Crippen LogP contribution is 2.33. The van der Waals surface area contributed by atoms with Crippen LogP contribution in [0.25, 0.3) is 0 Å². The quantitative estimate of drug-likeness (QED) is 0.320. The number of nitrogens with one attached hydrogen (secondary N) is 2. The fourth-order valence-electron chi connectivity index (χ4n) is 3.94. The lowest BCUT2D eigenvalue weighted by Gasteiger charge is -2.19. The van der Waals surface area contributed by atoms with E-state index in [1.165, 1.54) is 30.2 Å². The van der Waals surface area contributed by atoms with Crippen molar-refractivity contribution >= 4 is 23.4 Å². The Morgan fingerprint density at radius 3 is 2.52 bits per heavy atom. The fraction of sp³-hybridized carbons (Fsp3) is 0.214. The van der Waals surface area contributed by atoms with Crippen molar-refractivity contribution in [2.45, 2.75) is 48.4 Å². The van der Waals surface area contributed by atoms with Gasteiger partial charge in [0.1, 0.15) is 11.6 Å². The van der Waals surface area contributed by atoms with Gasteiger partial charge in [0.2, 0.25) is 0 Å². The van der Waals surface area contributed by atoms with Crippen LogP contribution in [-0.2, 0) is 17.6 Å². The predicted octanol–water partition coefficient (Wildman–Crippen LogP) is 6.41. The van der Waals surface area contributed by atoms with Crippen LogP contribution in [0.1, 0.15) is 42.5 Å². The Balaban J connectivity index is 1.44. The lowest BCUT2D eigenvalue weighted by molar-refractivity contribution is -0.112. The molecule has 0 radical (unpaired) electrons. The van der Waals surface area contributed by atoms with E-state index < -0.39 is 5.91 Å². The summed E-state index contributed by atoms with van der Waals surface area (Å²) in [6.45, 7) is 2.04. The fourth-order valence-corrected chi connectivity index (χ4v) is 4.86. The van der Waals surface area contributed by atoms with Crippen LogP contribution < -0.4 is 10.6 Å². The molecule has 4 nitrogen and oxygen atoms in total. The van der Waals surface area contributed by atoms with Crippen molar-refractivity contribution in [3.63, 3.8) is 0 Å². The second-order valence-electron chi connectivity index (χ2n) is 8.16. The Morgan fingerprint density at radius 2 is 1.73 bits per heavy atom. The summed E-state index contributed by atoms with van der Waals surface area (Å²) in [4.78, 5) is 14.8. The number of hydrogen-bond donors (Lipinski definition) is 2. The van der Waals surface area contributed by atoms with Gasteiger partial charge in [-0.25, -0.2) is 0 Å². The summed E-state index contributed by atoms with van der Waals surface area (Å²) in [5.41, 5.74) is 4.74. The van der Waals surface area contributed by atoms with Gasteiger partial charge in [-0.05, 0) is 73.6 Å². The molecule has 3 aromatic carbocycles. The zero-order valence-corrected chi connectivity index (χ0v) is 19.5. The first-order valence-corrected chi connectivity index (χ1v) is 12.1. The second kappa shape index (κ2) is 10.9. The van der Waals surface area contributed by atoms with Gasteiger partial charge in [0.15, 0.2) is 0 Å². The topological polar surface area (TPSA) is 64.9 Å². The van der Waals surface area contributed by atoms with Gasteiger partial charge < -0.3 is 10.6 Å². The number of fused-ring (bicyclic) bond motifs is 1. The minimum absolute atomic E-state index is 0.00528. The summed E-state index contributed by atoms with van der Waals surface area (Å²) < 4.78 is 0. The van der Waals surface area contributed by atoms with Crippen LogP contribution in [0.15, 0.2) is 94.4 Å². The Hall–Kier alpha value is -3.49. The molecule has 166 valence electrons. The number of carbonyl (C=O) groups excluding carboxylic acids is 1. The molecule has 2 N–H and O–H groups in total. The number of amides is 1. The number of aryl methyl sites for hydroxylation is 2. The van der Waals surface area contributed by atoms with E-state index in [1.807, 2.05) is 67.6 Å². The molecule has 0 saturated carbocycles. The third-order valence-electron chi connectivity index (χ3n) is 5.82. The molecule has 0 aromatic heterocycles. The van der Waals surface area contributed by atoms with Crippen LogP contribution in [0.2, 0.25) is 0 Å². The van der Waals surface area contributed by atoms with Crippen molar-refractivity contribution < 1.29 is 4.79 Å². The van der Waals surface area contributed by atoms with E-state index >= 15 is 0 Å². The van der Waals surface area contributed by atoms with Crippen LogP contribution in [0.5, 0.6) is 0 Å². The summed E-state index contributed by atoms with van der Waals surface area (Å²) in [6, 6.07) is 26.2. The first-order chi connectivity index (χ1) is 16.1. The van der Waals surface area contributed by atoms with Gasteiger partial charge in [0.25, 0.3) is 5.91 Å². The van der Waals surface area contributed by atoms with Crippen molar-refractivity contribution in [3.8, 4) is 6.07 Å². The number of hydrogen-bond acceptors (Lipinski definition) is 4. The van der Waals surface area contributed by atoms with E-state index in [2.05, 4.69) is 28.8 Å². The summed E-state index contributed by atoms with van der Waals surface area (Å²) in [5, 5.41) is 15.7. The number of para-hydroxylation sites is 1. The van der Waals surface area contributed by atoms with Crippen molar-refractivity contribution in [2.75, 3.05) is 5.32 Å². The normalized spacial score (nSPS) is 14.0. The van der Waals surface area contributed by atoms with Gasteiger partial charge in [0.05, 0.1) is 5.69 Å². The van der Waals surface area contributed by atoms with Gasteiger partial charge in [-0.3, -0.25) is 4.79 Å². The third-order valence-corrected chi connectivity index (χ3v) is 6.91. The monoisotopic (exact) mass is 453 g/mol. The number of carbonyl (C=O) groups is 1. The SMILES string of the molecule is CC(N/C=C(/C#N)C(=O)Nc1ccccc1Sc1ccccc1)c1ccc2c(c1)CCCC2. The van der Waals surface area contributed by atoms with Crippen molar-refractivity contribution in [1.82, 2.24) is 5.32 Å². The maximum Gasteiger partial charge on any atom is 0.267 e. The summed E-state index contributed by atoms with van der Waals surface area (Å²) >= 11 is 1.57. The molecule has 0 spiro atoms. The number of benzene rings is 3. The molecule has 1 unspecified atom stereocenters. The van der Waals surface area contributed by atoms with E-state index in [1.54, 1.807) is 11.8 Å². The minimum Gasteiger partial charge on any atom is -0.383 e. The van der Waals surface area contributed by atoms with Gasteiger partial charge in [-0.15, -0.1) is 0 Å². The summed E-state index contributed by atoms with van der Waals surface area (Å²) in [6.07, 6.45) is 6.29. The van der Waals surface area contributed by atoms with E-state index in [0.717, 1.165) is 28.2 Å². The smallest absolute Gasteiger partial charge is 0.267 e. The zero-order chi connectivity index (χ0) is 23.0. The molecule has 1 amide bonds. The maximum absolute atomic E-state index is 12.8. The van der Waals surface area contributed by atoms with E-state index in [9.17, 15) is 10.1 Å². The molecule has 3 aromatic rings. The number of anilines is 1. The highest BCUT2D eigenvalue weighted by atomic mass is 32.2. The zero-order valence-electron chi connectivity index (χ0n) is 18.7. The predicted molar refractivity (Wildman–Crippen MR) is 134 cm³/mol. The second-order valence-corrected chi connectivity index (χ2v) is 9.27. The number of nitriles is 1. The Morgan fingerprint density at radius 1 is 1.00 bits per heavy atom. The molecule has 0 heterocycles. The molecule has 4 rings (SSSR count). The molecule has 1 aliphatic carbocycles. The summed E-state index contributed by atoms with van der Waals surface area (Å²) in [5.74, 6) is -0.427. The lowest BCUT2D eigenvalue weighted by Crippen LogP contribution is -2.19. The molecule has 0 bridgehead atoms. The van der Waals surface area contributed by atoms with Crippen molar-refractivity contribution in [2.24, 2.45) is 0 Å². The van der Waals surface area contributed by atoms with Gasteiger partial charge in [-0.1, -0.05) is 60.3 Å². The molecule has 0 saturated heterocycles. The highest BCUT2D eigenvalue weighted by Gasteiger charge is 2.15. The Bertz CT molecular complexity index is 1200. The average molecular weight is 454 g/mol.